The number of hydrogen-bond acceptors (Lipinski definition) is 3. The number of alkyl halides is 3. The van der Waals surface area contributed by atoms with Gasteiger partial charge >= 0.3 is 12.2 Å². The van der Waals surface area contributed by atoms with Crippen LogP contribution in [0.5, 0.6) is 0 Å². The molecule has 2 fully saturated rings. The van der Waals surface area contributed by atoms with Crippen LogP contribution in [0.4, 0.5) is 35.0 Å². The van der Waals surface area contributed by atoms with Gasteiger partial charge in [0.1, 0.15) is 0 Å². The number of urea groups is 1. The van der Waals surface area contributed by atoms with Crippen molar-refractivity contribution in [2.75, 3.05) is 41.7 Å². The van der Waals surface area contributed by atoms with E-state index in [1.807, 2.05) is 11.0 Å². The molecule has 36 heavy (non-hydrogen) atoms. The second kappa shape index (κ2) is 10.8. The highest BCUT2D eigenvalue weighted by molar-refractivity contribution is 6.04. The number of para-hydroxylation sites is 1. The van der Waals surface area contributed by atoms with Gasteiger partial charge in [0, 0.05) is 37.6 Å². The summed E-state index contributed by atoms with van der Waals surface area (Å²) in [4.78, 5) is 30.2. The van der Waals surface area contributed by atoms with E-state index in [1.54, 1.807) is 12.1 Å². The first-order valence-electron chi connectivity index (χ1n) is 12.5. The summed E-state index contributed by atoms with van der Waals surface area (Å²) in [5.41, 5.74) is 0.427. The topological polar surface area (TPSA) is 64.7 Å². The lowest BCUT2D eigenvalue weighted by atomic mass is 9.96. The zero-order valence-electron chi connectivity index (χ0n) is 20.7. The maximum absolute atomic E-state index is 13.6. The van der Waals surface area contributed by atoms with E-state index in [4.69, 9.17) is 0 Å². The number of anilines is 3. The van der Waals surface area contributed by atoms with Crippen molar-refractivity contribution >= 4 is 29.0 Å². The molecule has 0 atom stereocenters. The molecule has 194 valence electrons. The third-order valence-electron chi connectivity index (χ3n) is 7.16. The van der Waals surface area contributed by atoms with E-state index >= 15 is 0 Å². The summed E-state index contributed by atoms with van der Waals surface area (Å²) in [5.74, 6) is 1.13. The minimum Gasteiger partial charge on any atom is -0.371 e. The average Bonchev–Trinajstić information content (AvgIpc) is 2.84. The van der Waals surface area contributed by atoms with E-state index in [0.717, 1.165) is 50.5 Å². The molecule has 9 heteroatoms. The van der Waals surface area contributed by atoms with Gasteiger partial charge in [-0.1, -0.05) is 26.0 Å². The maximum Gasteiger partial charge on any atom is 0.418 e. The Morgan fingerprint density at radius 2 is 1.47 bits per heavy atom. The lowest BCUT2D eigenvalue weighted by Crippen LogP contribution is -2.40. The Morgan fingerprint density at radius 1 is 0.861 bits per heavy atom. The highest BCUT2D eigenvalue weighted by Gasteiger charge is 2.33. The predicted molar refractivity (Wildman–Crippen MR) is 135 cm³/mol. The lowest BCUT2D eigenvalue weighted by Gasteiger charge is -2.35. The minimum absolute atomic E-state index is 0.0815. The maximum atomic E-state index is 13.6. The average molecular weight is 503 g/mol. The van der Waals surface area contributed by atoms with Crippen LogP contribution in [0.15, 0.2) is 42.5 Å². The number of halogens is 3. The highest BCUT2D eigenvalue weighted by atomic mass is 19.4. The van der Waals surface area contributed by atoms with E-state index in [1.165, 1.54) is 18.2 Å². The van der Waals surface area contributed by atoms with Gasteiger partial charge < -0.3 is 20.4 Å². The zero-order chi connectivity index (χ0) is 25.9. The molecule has 2 N–H and O–H groups in total. The number of nitrogens with zero attached hydrogens (tertiary/aromatic N) is 2. The van der Waals surface area contributed by atoms with E-state index in [9.17, 15) is 22.8 Å². The number of nitrogens with one attached hydrogen (secondary N) is 2. The van der Waals surface area contributed by atoms with Gasteiger partial charge in [0.2, 0.25) is 0 Å². The number of carbonyl (C=O) groups is 2. The van der Waals surface area contributed by atoms with Gasteiger partial charge in [-0.2, -0.15) is 13.2 Å². The van der Waals surface area contributed by atoms with Gasteiger partial charge in [0.05, 0.1) is 16.8 Å². The molecule has 3 amide bonds. The molecule has 2 aliphatic heterocycles. The number of piperidine rings is 2. The van der Waals surface area contributed by atoms with E-state index in [0.29, 0.717) is 36.2 Å². The second-order valence-electron chi connectivity index (χ2n) is 10.00. The summed E-state index contributed by atoms with van der Waals surface area (Å²) in [6.45, 7) is 7.47. The molecule has 0 saturated carbocycles. The molecule has 0 bridgehead atoms. The Hall–Kier alpha value is -3.23. The van der Waals surface area contributed by atoms with Crippen LogP contribution in [0.25, 0.3) is 0 Å². The molecule has 4 rings (SSSR count). The van der Waals surface area contributed by atoms with Crippen LogP contribution in [0, 0.1) is 11.8 Å². The van der Waals surface area contributed by atoms with Crippen molar-refractivity contribution in [2.24, 2.45) is 11.8 Å². The van der Waals surface area contributed by atoms with Crippen molar-refractivity contribution in [3.05, 3.63) is 53.6 Å². The Balaban J connectivity index is 1.56. The third-order valence-corrected chi connectivity index (χ3v) is 7.16. The van der Waals surface area contributed by atoms with Crippen molar-refractivity contribution in [1.29, 1.82) is 0 Å². The number of rotatable bonds is 4. The predicted octanol–water partition coefficient (Wildman–Crippen LogP) is 6.46. The van der Waals surface area contributed by atoms with Crippen molar-refractivity contribution in [1.82, 2.24) is 4.90 Å². The zero-order valence-corrected chi connectivity index (χ0v) is 20.7. The summed E-state index contributed by atoms with van der Waals surface area (Å²) in [5, 5.41) is 4.89. The fourth-order valence-corrected chi connectivity index (χ4v) is 4.82. The van der Waals surface area contributed by atoms with Gasteiger partial charge in [-0.05, 0) is 67.9 Å². The molecule has 2 aromatic carbocycles. The Morgan fingerprint density at radius 3 is 2.11 bits per heavy atom. The Bertz CT molecular complexity index is 1090. The van der Waals surface area contributed by atoms with Gasteiger partial charge in [0.25, 0.3) is 5.91 Å². The third kappa shape index (κ3) is 6.12. The molecule has 0 aliphatic carbocycles. The van der Waals surface area contributed by atoms with Crippen LogP contribution in [0.2, 0.25) is 0 Å². The lowest BCUT2D eigenvalue weighted by molar-refractivity contribution is -0.136. The van der Waals surface area contributed by atoms with Crippen molar-refractivity contribution in [2.45, 2.75) is 45.7 Å². The van der Waals surface area contributed by atoms with Crippen LogP contribution >= 0.6 is 0 Å². The van der Waals surface area contributed by atoms with Crippen molar-refractivity contribution in [3.8, 4) is 0 Å². The second-order valence-corrected chi connectivity index (χ2v) is 10.00. The first-order valence-corrected chi connectivity index (χ1v) is 12.5. The molecule has 0 radical (unpaired) electrons. The van der Waals surface area contributed by atoms with Gasteiger partial charge in [-0.3, -0.25) is 4.79 Å². The minimum atomic E-state index is -4.59. The quantitative estimate of drug-likeness (QED) is 0.505. The largest absolute Gasteiger partial charge is 0.418 e. The molecule has 0 unspecified atom stereocenters. The van der Waals surface area contributed by atoms with Crippen LogP contribution in [0.3, 0.4) is 0 Å². The summed E-state index contributed by atoms with van der Waals surface area (Å²) >= 11 is 0. The summed E-state index contributed by atoms with van der Waals surface area (Å²) in [6, 6.07) is 9.17. The van der Waals surface area contributed by atoms with E-state index in [2.05, 4.69) is 29.4 Å². The number of benzene rings is 2. The molecule has 2 aliphatic rings. The summed E-state index contributed by atoms with van der Waals surface area (Å²) in [7, 11) is 0. The van der Waals surface area contributed by atoms with E-state index in [-0.39, 0.29) is 11.6 Å². The highest BCUT2D eigenvalue weighted by Crippen LogP contribution is 2.35. The van der Waals surface area contributed by atoms with Gasteiger partial charge in [0.15, 0.2) is 0 Å². The fourth-order valence-electron chi connectivity index (χ4n) is 4.82. The fraction of sp³-hybridized carbons (Fsp3) is 0.481. The summed E-state index contributed by atoms with van der Waals surface area (Å²) in [6.07, 6.45) is -0.628. The smallest absolute Gasteiger partial charge is 0.371 e. The molecule has 2 heterocycles. The number of likely N-dealkylation sites (tertiary alicyclic amines) is 1. The molecular weight excluding hydrogens is 469 g/mol. The number of carbonyl (C=O) groups excluding carboxylic acids is 2. The van der Waals surface area contributed by atoms with Crippen molar-refractivity contribution < 1.29 is 22.8 Å². The summed E-state index contributed by atoms with van der Waals surface area (Å²) < 4.78 is 39.9. The van der Waals surface area contributed by atoms with Crippen molar-refractivity contribution in [3.63, 3.8) is 0 Å². The number of amides is 3. The van der Waals surface area contributed by atoms with Crippen LogP contribution in [0.1, 0.15) is 55.5 Å². The van der Waals surface area contributed by atoms with Gasteiger partial charge in [-0.15, -0.1) is 0 Å². The van der Waals surface area contributed by atoms with E-state index < -0.39 is 17.8 Å². The molecule has 2 aromatic rings. The Labute approximate surface area is 209 Å². The van der Waals surface area contributed by atoms with Crippen LogP contribution in [-0.2, 0) is 6.18 Å². The first-order chi connectivity index (χ1) is 17.1. The van der Waals surface area contributed by atoms with Crippen LogP contribution < -0.4 is 15.5 Å². The SMILES string of the molecule is CC1CCN(C(=O)c2cc(NC(=O)Nc3ccccc3C(F)(F)F)ccc2N2CCC(C)CC2)CC1. The molecule has 0 spiro atoms. The molecular formula is C27H33F3N4O2. The standard InChI is InChI=1S/C27H33F3N4O2/c1-18-9-13-33(14-10-18)24-8-7-20(17-21(24)25(35)34-15-11-19(2)12-16-34)31-26(36)32-23-6-4-3-5-22(23)27(28,29)30/h3-8,17-19H,9-16H2,1-2H3,(H2,31,32,36). The normalized spacial score (nSPS) is 17.7. The van der Waals surface area contributed by atoms with Crippen LogP contribution in [-0.4, -0.2) is 43.0 Å². The molecule has 0 aromatic heterocycles. The first kappa shape index (κ1) is 25.9. The number of hydrogen-bond donors (Lipinski definition) is 2. The van der Waals surface area contributed by atoms with Gasteiger partial charge in [-0.25, -0.2) is 4.79 Å². The molecule has 6 nitrogen and oxygen atoms in total. The molecule has 2 saturated heterocycles. The monoisotopic (exact) mass is 502 g/mol. The Kier molecular flexibility index (Phi) is 7.76.